The molecule has 0 bridgehead atoms. The molecule has 1 N–H and O–H groups in total. The second-order valence-electron chi connectivity index (χ2n) is 4.06. The van der Waals surface area contributed by atoms with Gasteiger partial charge in [0.25, 0.3) is 0 Å². The van der Waals surface area contributed by atoms with Gasteiger partial charge in [0.15, 0.2) is 5.82 Å². The van der Waals surface area contributed by atoms with Gasteiger partial charge in [-0.15, -0.1) is 0 Å². The maximum absolute atomic E-state index is 13.4. The monoisotopic (exact) mass is 297 g/mol. The molecular weight excluding hydrogens is 290 g/mol. The zero-order valence-corrected chi connectivity index (χ0v) is 10.1. The molecule has 0 amide bonds. The molecule has 1 atom stereocenters. The lowest BCUT2D eigenvalue weighted by Crippen LogP contribution is -2.22. The number of hydrogen-bond donors (Lipinski definition) is 1. The van der Waals surface area contributed by atoms with Crippen LogP contribution in [0.3, 0.4) is 0 Å². The molecule has 1 aromatic carbocycles. The lowest BCUT2D eigenvalue weighted by atomic mass is 10.2. The van der Waals surface area contributed by atoms with E-state index < -0.39 is 36.1 Å². The number of ether oxygens (including phenoxy) is 1. The second-order valence-corrected chi connectivity index (χ2v) is 4.47. The Morgan fingerprint density at radius 2 is 2.11 bits per heavy atom. The molecule has 104 valence electrons. The number of nitrogens with one attached hydrogen (secondary N) is 1. The molecule has 0 spiro atoms. The fraction of sp³-hybridized carbons (Fsp3) is 0.364. The first-order valence-electron chi connectivity index (χ1n) is 5.27. The Hall–Kier alpha value is -1.50. The zero-order chi connectivity index (χ0) is 14.2. The molecule has 1 fully saturated rings. The van der Waals surface area contributed by atoms with Crippen molar-refractivity contribution >= 4 is 23.3 Å². The summed E-state index contributed by atoms with van der Waals surface area (Å²) in [7, 11) is 0. The van der Waals surface area contributed by atoms with Crippen molar-refractivity contribution in [3.63, 3.8) is 0 Å². The molecule has 0 aromatic heterocycles. The number of anilines is 1. The van der Waals surface area contributed by atoms with Crippen molar-refractivity contribution in [1.82, 2.24) is 0 Å². The number of hydrogen-bond acceptors (Lipinski definition) is 3. The SMILES string of the molecule is O=C1OC(CNc2c(F)cc(F)cc2Cl)CC1(F)F. The topological polar surface area (TPSA) is 38.3 Å². The maximum atomic E-state index is 13.4. The molecule has 1 unspecified atom stereocenters. The summed E-state index contributed by atoms with van der Waals surface area (Å²) in [6.07, 6.45) is -1.89. The second kappa shape index (κ2) is 4.88. The lowest BCUT2D eigenvalue weighted by Gasteiger charge is -2.13. The van der Waals surface area contributed by atoms with E-state index in [4.69, 9.17) is 11.6 Å². The number of benzene rings is 1. The van der Waals surface area contributed by atoms with Crippen LogP contribution >= 0.6 is 11.6 Å². The van der Waals surface area contributed by atoms with Crippen LogP contribution in [-0.2, 0) is 9.53 Å². The predicted octanol–water partition coefficient (Wildman–Crippen LogP) is 2.98. The first-order chi connectivity index (χ1) is 8.79. The van der Waals surface area contributed by atoms with Crippen LogP contribution in [-0.4, -0.2) is 24.5 Å². The Labute approximate surface area is 110 Å². The Bertz CT molecular complexity index is 500. The molecule has 19 heavy (non-hydrogen) atoms. The number of carbonyl (C=O) groups is 1. The van der Waals surface area contributed by atoms with Crippen molar-refractivity contribution in [1.29, 1.82) is 0 Å². The third-order valence-electron chi connectivity index (χ3n) is 2.57. The summed E-state index contributed by atoms with van der Waals surface area (Å²) in [4.78, 5) is 10.7. The Morgan fingerprint density at radius 3 is 2.63 bits per heavy atom. The summed E-state index contributed by atoms with van der Waals surface area (Å²) in [6.45, 7) is -0.246. The average molecular weight is 298 g/mol. The van der Waals surface area contributed by atoms with Gasteiger partial charge in [0, 0.05) is 6.07 Å². The van der Waals surface area contributed by atoms with E-state index in [-0.39, 0.29) is 17.3 Å². The molecular formula is C11H8ClF4NO2. The Morgan fingerprint density at radius 1 is 1.42 bits per heavy atom. The van der Waals surface area contributed by atoms with E-state index in [1.54, 1.807) is 0 Å². The minimum absolute atomic E-state index is 0.227. The quantitative estimate of drug-likeness (QED) is 0.688. The molecule has 8 heteroatoms. The van der Waals surface area contributed by atoms with Crippen LogP contribution in [0.15, 0.2) is 12.1 Å². The standard InChI is InChI=1S/C11H8ClF4NO2/c12-7-1-5(13)2-8(14)9(7)17-4-6-3-11(15,16)10(18)19-6/h1-2,6,17H,3-4H2. The van der Waals surface area contributed by atoms with Crippen molar-refractivity contribution < 1.29 is 27.1 Å². The highest BCUT2D eigenvalue weighted by Gasteiger charge is 2.50. The molecule has 1 saturated heterocycles. The average Bonchev–Trinajstić information content (AvgIpc) is 2.51. The van der Waals surface area contributed by atoms with Gasteiger partial charge in [0.05, 0.1) is 23.7 Å². The minimum Gasteiger partial charge on any atom is -0.456 e. The van der Waals surface area contributed by atoms with Gasteiger partial charge in [-0.3, -0.25) is 0 Å². The smallest absolute Gasteiger partial charge is 0.377 e. The van der Waals surface area contributed by atoms with Crippen LogP contribution in [0.4, 0.5) is 23.2 Å². The minimum atomic E-state index is -3.53. The van der Waals surface area contributed by atoms with Crippen LogP contribution in [0.25, 0.3) is 0 Å². The molecule has 2 rings (SSSR count). The molecule has 1 heterocycles. The van der Waals surface area contributed by atoms with E-state index in [1.165, 1.54) is 0 Å². The number of cyclic esters (lactones) is 1. The first-order valence-corrected chi connectivity index (χ1v) is 5.65. The fourth-order valence-corrected chi connectivity index (χ4v) is 1.95. The van der Waals surface area contributed by atoms with Crippen molar-refractivity contribution in [3.05, 3.63) is 28.8 Å². The van der Waals surface area contributed by atoms with Crippen LogP contribution in [0, 0.1) is 11.6 Å². The highest BCUT2D eigenvalue weighted by Crippen LogP contribution is 2.32. The summed E-state index contributed by atoms with van der Waals surface area (Å²) in [6, 6.07) is 1.48. The first kappa shape index (κ1) is 13.9. The molecule has 0 radical (unpaired) electrons. The van der Waals surface area contributed by atoms with E-state index in [0.717, 1.165) is 6.07 Å². The number of rotatable bonds is 3. The van der Waals surface area contributed by atoms with Gasteiger partial charge in [-0.2, -0.15) is 8.78 Å². The van der Waals surface area contributed by atoms with E-state index in [9.17, 15) is 22.4 Å². The van der Waals surface area contributed by atoms with Crippen molar-refractivity contribution in [2.75, 3.05) is 11.9 Å². The molecule has 0 aliphatic carbocycles. The summed E-state index contributed by atoms with van der Waals surface area (Å²) < 4.78 is 56.3. The van der Waals surface area contributed by atoms with E-state index in [2.05, 4.69) is 10.1 Å². The van der Waals surface area contributed by atoms with Crippen LogP contribution in [0.1, 0.15) is 6.42 Å². The summed E-state index contributed by atoms with van der Waals surface area (Å²) >= 11 is 5.61. The summed E-state index contributed by atoms with van der Waals surface area (Å²) in [5, 5.41) is 2.20. The third-order valence-corrected chi connectivity index (χ3v) is 2.87. The molecule has 1 aliphatic rings. The number of alkyl halides is 2. The molecule has 3 nitrogen and oxygen atoms in total. The molecule has 0 saturated carbocycles. The van der Waals surface area contributed by atoms with Gasteiger partial charge in [-0.25, -0.2) is 13.6 Å². The van der Waals surface area contributed by atoms with E-state index >= 15 is 0 Å². The zero-order valence-electron chi connectivity index (χ0n) is 9.35. The van der Waals surface area contributed by atoms with Crippen LogP contribution in [0.2, 0.25) is 5.02 Å². The fourth-order valence-electron chi connectivity index (χ4n) is 1.69. The van der Waals surface area contributed by atoms with Crippen LogP contribution < -0.4 is 5.32 Å². The van der Waals surface area contributed by atoms with Gasteiger partial charge in [0.2, 0.25) is 0 Å². The van der Waals surface area contributed by atoms with E-state index in [0.29, 0.717) is 6.07 Å². The molecule has 1 aromatic rings. The lowest BCUT2D eigenvalue weighted by molar-refractivity contribution is -0.158. The van der Waals surface area contributed by atoms with Gasteiger partial charge < -0.3 is 10.1 Å². The normalized spacial score (nSPS) is 21.3. The van der Waals surface area contributed by atoms with Gasteiger partial charge in [0.1, 0.15) is 11.9 Å². The van der Waals surface area contributed by atoms with Crippen molar-refractivity contribution in [2.24, 2.45) is 0 Å². The number of esters is 1. The summed E-state index contributed by atoms with van der Waals surface area (Å²) in [5.41, 5.74) is -0.227. The van der Waals surface area contributed by atoms with Gasteiger partial charge >= 0.3 is 11.9 Å². The van der Waals surface area contributed by atoms with Crippen molar-refractivity contribution in [2.45, 2.75) is 18.4 Å². The highest BCUT2D eigenvalue weighted by atomic mass is 35.5. The predicted molar refractivity (Wildman–Crippen MR) is 59.3 cm³/mol. The van der Waals surface area contributed by atoms with Gasteiger partial charge in [-0.1, -0.05) is 11.6 Å². The number of halogens is 5. The molecule has 1 aliphatic heterocycles. The largest absolute Gasteiger partial charge is 0.456 e. The third kappa shape index (κ3) is 2.91. The van der Waals surface area contributed by atoms with E-state index in [1.807, 2.05) is 0 Å². The van der Waals surface area contributed by atoms with Crippen LogP contribution in [0.5, 0.6) is 0 Å². The van der Waals surface area contributed by atoms with Crippen molar-refractivity contribution in [3.8, 4) is 0 Å². The summed E-state index contributed by atoms with van der Waals surface area (Å²) in [5.74, 6) is -6.95. The maximum Gasteiger partial charge on any atom is 0.377 e. The number of carbonyl (C=O) groups excluding carboxylic acids is 1. The Kier molecular flexibility index (Phi) is 3.58. The Balaban J connectivity index is 2.03. The van der Waals surface area contributed by atoms with Gasteiger partial charge in [-0.05, 0) is 6.07 Å². The highest BCUT2D eigenvalue weighted by molar-refractivity contribution is 6.33.